The molecule has 19 heavy (non-hydrogen) atoms. The van der Waals surface area contributed by atoms with Crippen molar-refractivity contribution >= 4 is 16.9 Å². The van der Waals surface area contributed by atoms with E-state index < -0.39 is 0 Å². The molecule has 3 nitrogen and oxygen atoms in total. The molecule has 1 N–H and O–H groups in total. The predicted molar refractivity (Wildman–Crippen MR) is 86.0 cm³/mol. The number of hydrogen-bond acceptors (Lipinski definition) is 4. The zero-order valence-corrected chi connectivity index (χ0v) is 13.9. The van der Waals surface area contributed by atoms with Crippen LogP contribution in [0, 0.1) is 5.41 Å². The zero-order valence-electron chi connectivity index (χ0n) is 13.1. The van der Waals surface area contributed by atoms with Crippen LogP contribution in [-0.4, -0.2) is 48.0 Å². The average molecular weight is 283 g/mol. The highest BCUT2D eigenvalue weighted by Crippen LogP contribution is 2.36. The Morgan fingerprint density at radius 1 is 1.37 bits per heavy atom. The molecule has 1 fully saturated rings. The van der Waals surface area contributed by atoms with Crippen LogP contribution in [-0.2, 0) is 0 Å². The molecule has 0 aromatic heterocycles. The molecule has 0 aromatic rings. The van der Waals surface area contributed by atoms with E-state index in [9.17, 15) is 0 Å². The van der Waals surface area contributed by atoms with E-state index in [4.69, 9.17) is 0 Å². The molecule has 0 amide bonds. The first-order valence-electron chi connectivity index (χ1n) is 7.43. The lowest BCUT2D eigenvalue weighted by molar-refractivity contribution is 0.0651. The number of rotatable bonds is 4. The quantitative estimate of drug-likeness (QED) is 0.859. The summed E-state index contributed by atoms with van der Waals surface area (Å²) in [4.78, 5) is 7.06. The Kier molecular flexibility index (Phi) is 4.51. The third kappa shape index (κ3) is 3.88. The van der Waals surface area contributed by atoms with E-state index in [0.29, 0.717) is 16.2 Å². The molecule has 0 aromatic carbocycles. The highest BCUT2D eigenvalue weighted by Gasteiger charge is 2.39. The smallest absolute Gasteiger partial charge is 0.156 e. The summed E-state index contributed by atoms with van der Waals surface area (Å²) in [5, 5.41) is 5.43. The Bertz CT molecular complexity index is 340. The first kappa shape index (κ1) is 15.2. The van der Waals surface area contributed by atoms with Gasteiger partial charge in [-0.05, 0) is 45.2 Å². The highest BCUT2D eigenvalue weighted by molar-refractivity contribution is 8.14. The van der Waals surface area contributed by atoms with Crippen molar-refractivity contribution < 1.29 is 0 Å². The largest absolute Gasteiger partial charge is 0.363 e. The summed E-state index contributed by atoms with van der Waals surface area (Å²) in [6, 6.07) is 0. The van der Waals surface area contributed by atoms with Gasteiger partial charge >= 0.3 is 0 Å². The Hall–Kier alpha value is -0.220. The van der Waals surface area contributed by atoms with Gasteiger partial charge in [0.2, 0.25) is 0 Å². The molecule has 1 aliphatic carbocycles. The van der Waals surface area contributed by atoms with Crippen molar-refractivity contribution in [1.29, 1.82) is 0 Å². The topological polar surface area (TPSA) is 27.6 Å². The molecule has 1 unspecified atom stereocenters. The molecule has 0 saturated heterocycles. The van der Waals surface area contributed by atoms with Crippen LogP contribution in [0.1, 0.15) is 46.5 Å². The molecule has 1 atom stereocenters. The molecule has 0 radical (unpaired) electrons. The molecule has 1 saturated carbocycles. The number of aliphatic imine (C=N–C) groups is 1. The second-order valence-electron chi connectivity index (χ2n) is 7.48. The molecule has 2 rings (SSSR count). The Morgan fingerprint density at radius 2 is 2.05 bits per heavy atom. The van der Waals surface area contributed by atoms with Gasteiger partial charge in [-0.15, -0.1) is 0 Å². The SMILES string of the molecule is CN(C)C1(CNC2=NCC(CC(C)(C)C)S2)CCC1. The van der Waals surface area contributed by atoms with Crippen LogP contribution in [0.15, 0.2) is 4.99 Å². The molecule has 2 aliphatic rings. The minimum atomic E-state index is 0.380. The number of hydrogen-bond donors (Lipinski definition) is 1. The number of nitrogens with zero attached hydrogens (tertiary/aromatic N) is 2. The lowest BCUT2D eigenvalue weighted by Crippen LogP contribution is -2.56. The van der Waals surface area contributed by atoms with Gasteiger partial charge in [0, 0.05) is 17.3 Å². The minimum Gasteiger partial charge on any atom is -0.363 e. The molecule has 0 bridgehead atoms. The number of likely N-dealkylation sites (N-methyl/N-ethyl adjacent to an activating group) is 1. The van der Waals surface area contributed by atoms with Crippen LogP contribution in [0.5, 0.6) is 0 Å². The summed E-state index contributed by atoms with van der Waals surface area (Å²) in [5.41, 5.74) is 0.784. The van der Waals surface area contributed by atoms with Crippen molar-refractivity contribution in [2.75, 3.05) is 27.2 Å². The minimum absolute atomic E-state index is 0.380. The van der Waals surface area contributed by atoms with E-state index in [0.717, 1.165) is 13.1 Å². The van der Waals surface area contributed by atoms with Crippen molar-refractivity contribution in [3.63, 3.8) is 0 Å². The van der Waals surface area contributed by atoms with Crippen LogP contribution >= 0.6 is 11.8 Å². The fourth-order valence-corrected chi connectivity index (χ4v) is 4.26. The van der Waals surface area contributed by atoms with E-state index in [1.165, 1.54) is 30.9 Å². The summed E-state index contributed by atoms with van der Waals surface area (Å²) in [6.45, 7) is 8.98. The molecule has 0 spiro atoms. The Labute approximate surface area is 122 Å². The maximum absolute atomic E-state index is 4.67. The maximum Gasteiger partial charge on any atom is 0.156 e. The van der Waals surface area contributed by atoms with Gasteiger partial charge in [-0.2, -0.15) is 0 Å². The molecule has 1 heterocycles. The number of nitrogens with one attached hydrogen (secondary N) is 1. The van der Waals surface area contributed by atoms with Crippen LogP contribution in [0.4, 0.5) is 0 Å². The normalized spacial score (nSPS) is 26.2. The summed E-state index contributed by atoms with van der Waals surface area (Å²) in [5.74, 6) is 0. The fraction of sp³-hybridized carbons (Fsp3) is 0.933. The number of amidine groups is 1. The Morgan fingerprint density at radius 3 is 2.53 bits per heavy atom. The predicted octanol–water partition coefficient (Wildman–Crippen LogP) is 2.97. The number of thioether (sulfide) groups is 1. The van der Waals surface area contributed by atoms with Crippen molar-refractivity contribution in [3.8, 4) is 0 Å². The van der Waals surface area contributed by atoms with Crippen LogP contribution < -0.4 is 5.32 Å². The van der Waals surface area contributed by atoms with E-state index in [1.807, 2.05) is 11.8 Å². The van der Waals surface area contributed by atoms with Crippen LogP contribution in [0.2, 0.25) is 0 Å². The van der Waals surface area contributed by atoms with Crippen molar-refractivity contribution in [3.05, 3.63) is 0 Å². The van der Waals surface area contributed by atoms with Crippen molar-refractivity contribution in [2.45, 2.75) is 57.2 Å². The highest BCUT2D eigenvalue weighted by atomic mass is 32.2. The standard InChI is InChI=1S/C15H29N3S/c1-14(2,3)9-12-10-16-13(19-12)17-11-15(18(4)5)7-6-8-15/h12H,6-11H2,1-5H3,(H,16,17). The van der Waals surface area contributed by atoms with E-state index in [2.05, 4.69) is 50.1 Å². The molecule has 110 valence electrons. The summed E-state index contributed by atoms with van der Waals surface area (Å²) in [6.07, 6.45) is 5.24. The molecular weight excluding hydrogens is 254 g/mol. The molecule has 1 aliphatic heterocycles. The van der Waals surface area contributed by atoms with Crippen LogP contribution in [0.25, 0.3) is 0 Å². The van der Waals surface area contributed by atoms with Crippen molar-refractivity contribution in [2.24, 2.45) is 10.4 Å². The van der Waals surface area contributed by atoms with E-state index in [1.54, 1.807) is 0 Å². The first-order chi connectivity index (χ1) is 8.81. The second-order valence-corrected chi connectivity index (χ2v) is 8.77. The summed E-state index contributed by atoms with van der Waals surface area (Å²) in [7, 11) is 4.40. The maximum atomic E-state index is 4.67. The zero-order chi connectivity index (χ0) is 14.1. The van der Waals surface area contributed by atoms with Crippen LogP contribution in [0.3, 0.4) is 0 Å². The lowest BCUT2D eigenvalue weighted by atomic mass is 9.76. The Balaban J connectivity index is 1.76. The molecular formula is C15H29N3S. The lowest BCUT2D eigenvalue weighted by Gasteiger charge is -2.47. The fourth-order valence-electron chi connectivity index (χ4n) is 2.91. The van der Waals surface area contributed by atoms with Gasteiger partial charge in [0.05, 0.1) is 6.54 Å². The van der Waals surface area contributed by atoms with Crippen molar-refractivity contribution in [1.82, 2.24) is 10.2 Å². The van der Waals surface area contributed by atoms with Gasteiger partial charge in [0.1, 0.15) is 0 Å². The van der Waals surface area contributed by atoms with E-state index >= 15 is 0 Å². The molecule has 4 heteroatoms. The van der Waals surface area contributed by atoms with Gasteiger partial charge in [0.15, 0.2) is 5.17 Å². The third-order valence-corrected chi connectivity index (χ3v) is 5.50. The first-order valence-corrected chi connectivity index (χ1v) is 8.31. The van der Waals surface area contributed by atoms with Gasteiger partial charge < -0.3 is 10.2 Å². The van der Waals surface area contributed by atoms with Gasteiger partial charge in [-0.1, -0.05) is 32.5 Å². The van der Waals surface area contributed by atoms with E-state index in [-0.39, 0.29) is 0 Å². The van der Waals surface area contributed by atoms with Gasteiger partial charge in [-0.3, -0.25) is 4.99 Å². The third-order valence-electron chi connectivity index (χ3n) is 4.36. The van der Waals surface area contributed by atoms with Gasteiger partial charge in [0.25, 0.3) is 0 Å². The summed E-state index contributed by atoms with van der Waals surface area (Å²) >= 11 is 1.94. The second kappa shape index (κ2) is 5.65. The summed E-state index contributed by atoms with van der Waals surface area (Å²) < 4.78 is 0. The average Bonchev–Trinajstić information content (AvgIpc) is 2.60. The van der Waals surface area contributed by atoms with Gasteiger partial charge in [-0.25, -0.2) is 0 Å². The monoisotopic (exact) mass is 283 g/mol.